The Bertz CT molecular complexity index is 834. The van der Waals surface area contributed by atoms with Gasteiger partial charge in [-0.1, -0.05) is 11.8 Å². The molecule has 120 valence electrons. The van der Waals surface area contributed by atoms with Gasteiger partial charge < -0.3 is 15.8 Å². The molecule has 0 atom stereocenters. The number of ether oxygens (including phenoxy) is 1. The number of rotatable bonds is 4. The smallest absolute Gasteiger partial charge is 0.120 e. The molecule has 3 N–H and O–H groups in total. The SMILES string of the molecule is CCNc1cc(OC)ccc1/C(C#N)=C/C#Cc1ccc(N)cc1. The molecular weight excluding hydrogens is 298 g/mol. The van der Waals surface area contributed by atoms with Gasteiger partial charge in [0, 0.05) is 41.2 Å². The summed E-state index contributed by atoms with van der Waals surface area (Å²) in [5.74, 6) is 6.67. The summed E-state index contributed by atoms with van der Waals surface area (Å²) in [6.07, 6.45) is 1.62. The monoisotopic (exact) mass is 317 g/mol. The lowest BCUT2D eigenvalue weighted by atomic mass is 10.0. The van der Waals surface area contributed by atoms with Crippen LogP contribution in [0.3, 0.4) is 0 Å². The normalized spacial score (nSPS) is 10.3. The zero-order valence-corrected chi connectivity index (χ0v) is 13.8. The molecule has 0 heterocycles. The van der Waals surface area contributed by atoms with Gasteiger partial charge in [-0.2, -0.15) is 5.26 Å². The Morgan fingerprint density at radius 2 is 2.00 bits per heavy atom. The first-order chi connectivity index (χ1) is 11.7. The Morgan fingerprint density at radius 1 is 1.25 bits per heavy atom. The lowest BCUT2D eigenvalue weighted by Crippen LogP contribution is -2.01. The fourth-order valence-electron chi connectivity index (χ4n) is 2.15. The van der Waals surface area contributed by atoms with E-state index in [9.17, 15) is 5.26 Å². The highest BCUT2D eigenvalue weighted by molar-refractivity contribution is 5.86. The summed E-state index contributed by atoms with van der Waals surface area (Å²) in [6.45, 7) is 2.75. The summed E-state index contributed by atoms with van der Waals surface area (Å²) in [7, 11) is 1.61. The highest BCUT2D eigenvalue weighted by Crippen LogP contribution is 2.28. The van der Waals surface area contributed by atoms with Gasteiger partial charge in [0.05, 0.1) is 12.7 Å². The summed E-state index contributed by atoms with van der Waals surface area (Å²) in [6, 6.07) is 15.1. The maximum atomic E-state index is 9.47. The second kappa shape index (κ2) is 8.31. The van der Waals surface area contributed by atoms with Crippen molar-refractivity contribution in [2.75, 3.05) is 24.7 Å². The average Bonchev–Trinajstić information content (AvgIpc) is 2.61. The van der Waals surface area contributed by atoms with Gasteiger partial charge in [-0.05, 0) is 43.3 Å². The van der Waals surface area contributed by atoms with Gasteiger partial charge in [0.15, 0.2) is 0 Å². The third-order valence-electron chi connectivity index (χ3n) is 3.35. The fourth-order valence-corrected chi connectivity index (χ4v) is 2.15. The number of hydrogen-bond donors (Lipinski definition) is 2. The number of nitrogen functional groups attached to an aromatic ring is 1. The first kappa shape index (κ1) is 17.0. The fraction of sp³-hybridized carbons (Fsp3) is 0.150. The van der Waals surface area contributed by atoms with E-state index >= 15 is 0 Å². The molecule has 0 aromatic heterocycles. The molecule has 0 saturated heterocycles. The van der Waals surface area contributed by atoms with Crippen molar-refractivity contribution in [3.63, 3.8) is 0 Å². The molecule has 0 aliphatic rings. The minimum Gasteiger partial charge on any atom is -0.497 e. The summed E-state index contributed by atoms with van der Waals surface area (Å²) in [5.41, 5.74) is 9.33. The maximum Gasteiger partial charge on any atom is 0.120 e. The van der Waals surface area contributed by atoms with Crippen LogP contribution < -0.4 is 15.8 Å². The second-order valence-corrected chi connectivity index (χ2v) is 5.00. The van der Waals surface area contributed by atoms with E-state index in [1.165, 1.54) is 0 Å². The Kier molecular flexibility index (Phi) is 5.88. The third kappa shape index (κ3) is 4.32. The topological polar surface area (TPSA) is 71.1 Å². The second-order valence-electron chi connectivity index (χ2n) is 5.00. The van der Waals surface area contributed by atoms with E-state index in [1.807, 2.05) is 37.3 Å². The molecule has 2 rings (SSSR count). The van der Waals surface area contributed by atoms with Crippen LogP contribution in [-0.4, -0.2) is 13.7 Å². The molecule has 2 aromatic rings. The highest BCUT2D eigenvalue weighted by atomic mass is 16.5. The minimum atomic E-state index is 0.497. The van der Waals surface area contributed by atoms with E-state index in [0.29, 0.717) is 11.3 Å². The van der Waals surface area contributed by atoms with Crippen LogP contribution >= 0.6 is 0 Å². The number of hydrogen-bond acceptors (Lipinski definition) is 4. The van der Waals surface area contributed by atoms with Crippen LogP contribution in [0.1, 0.15) is 18.1 Å². The van der Waals surface area contributed by atoms with E-state index in [4.69, 9.17) is 10.5 Å². The first-order valence-corrected chi connectivity index (χ1v) is 7.57. The Labute approximate surface area is 142 Å². The number of anilines is 2. The van der Waals surface area contributed by atoms with E-state index in [2.05, 4.69) is 23.2 Å². The van der Waals surface area contributed by atoms with Crippen LogP contribution in [0.4, 0.5) is 11.4 Å². The molecule has 0 spiro atoms. The molecule has 0 aliphatic carbocycles. The van der Waals surface area contributed by atoms with Crippen molar-refractivity contribution in [1.29, 1.82) is 5.26 Å². The van der Waals surface area contributed by atoms with Crippen molar-refractivity contribution in [3.8, 4) is 23.7 Å². The molecule has 0 unspecified atom stereocenters. The number of methoxy groups -OCH3 is 1. The molecule has 2 aromatic carbocycles. The molecule has 0 fully saturated rings. The van der Waals surface area contributed by atoms with Crippen LogP contribution in [0.2, 0.25) is 0 Å². The van der Waals surface area contributed by atoms with Crippen LogP contribution in [0, 0.1) is 23.2 Å². The zero-order chi connectivity index (χ0) is 17.4. The summed E-state index contributed by atoms with van der Waals surface area (Å²) in [5, 5.41) is 12.7. The lowest BCUT2D eigenvalue weighted by Gasteiger charge is -2.11. The molecule has 0 bridgehead atoms. The van der Waals surface area contributed by atoms with Gasteiger partial charge in [0.2, 0.25) is 0 Å². The summed E-state index contributed by atoms with van der Waals surface area (Å²) >= 11 is 0. The Hall–Kier alpha value is -3.37. The van der Waals surface area contributed by atoms with E-state index < -0.39 is 0 Å². The standard InChI is InChI=1S/C20H19N3O/c1-3-23-20-13-18(24-2)11-12-19(20)16(14-21)6-4-5-15-7-9-17(22)10-8-15/h6-13,23H,3,22H2,1-2H3/b16-6+. The number of nitrogens with zero attached hydrogens (tertiary/aromatic N) is 1. The first-order valence-electron chi connectivity index (χ1n) is 7.57. The Balaban J connectivity index is 2.34. The number of allylic oxidation sites excluding steroid dienone is 2. The molecular formula is C20H19N3O. The molecule has 0 amide bonds. The number of nitrogens with two attached hydrogens (primary N) is 1. The van der Waals surface area contributed by atoms with Crippen molar-refractivity contribution in [2.45, 2.75) is 6.92 Å². The van der Waals surface area contributed by atoms with Crippen molar-refractivity contribution in [1.82, 2.24) is 0 Å². The van der Waals surface area contributed by atoms with Gasteiger partial charge >= 0.3 is 0 Å². The van der Waals surface area contributed by atoms with Gasteiger partial charge in [0.25, 0.3) is 0 Å². The zero-order valence-electron chi connectivity index (χ0n) is 13.8. The quantitative estimate of drug-likeness (QED) is 0.513. The van der Waals surface area contributed by atoms with Gasteiger partial charge in [-0.3, -0.25) is 0 Å². The summed E-state index contributed by atoms with van der Waals surface area (Å²) in [4.78, 5) is 0. The van der Waals surface area contributed by atoms with Gasteiger partial charge in [-0.25, -0.2) is 0 Å². The van der Waals surface area contributed by atoms with Crippen molar-refractivity contribution >= 4 is 16.9 Å². The van der Waals surface area contributed by atoms with Crippen LogP contribution in [0.5, 0.6) is 5.75 Å². The predicted octanol–water partition coefficient (Wildman–Crippen LogP) is 3.67. The molecule has 4 nitrogen and oxygen atoms in total. The van der Waals surface area contributed by atoms with Crippen molar-refractivity contribution in [2.24, 2.45) is 0 Å². The van der Waals surface area contributed by atoms with Crippen LogP contribution in [0.25, 0.3) is 5.57 Å². The van der Waals surface area contributed by atoms with Crippen molar-refractivity contribution in [3.05, 3.63) is 59.7 Å². The van der Waals surface area contributed by atoms with Crippen LogP contribution in [-0.2, 0) is 0 Å². The molecule has 0 saturated carbocycles. The summed E-state index contributed by atoms with van der Waals surface area (Å²) < 4.78 is 5.24. The lowest BCUT2D eigenvalue weighted by molar-refractivity contribution is 0.415. The van der Waals surface area contributed by atoms with E-state index in [0.717, 1.165) is 29.1 Å². The maximum absolute atomic E-state index is 9.47. The molecule has 4 heteroatoms. The number of benzene rings is 2. The third-order valence-corrected chi connectivity index (χ3v) is 3.35. The predicted molar refractivity (Wildman–Crippen MR) is 98.5 cm³/mol. The molecule has 0 aliphatic heterocycles. The molecule has 0 radical (unpaired) electrons. The average molecular weight is 317 g/mol. The van der Waals surface area contributed by atoms with Crippen LogP contribution in [0.15, 0.2) is 48.5 Å². The number of nitriles is 1. The molecule has 24 heavy (non-hydrogen) atoms. The van der Waals surface area contributed by atoms with E-state index in [1.54, 1.807) is 25.3 Å². The van der Waals surface area contributed by atoms with E-state index in [-0.39, 0.29) is 0 Å². The van der Waals surface area contributed by atoms with Gasteiger partial charge in [0.1, 0.15) is 11.8 Å². The largest absolute Gasteiger partial charge is 0.497 e. The Morgan fingerprint density at radius 3 is 2.62 bits per heavy atom. The van der Waals surface area contributed by atoms with Gasteiger partial charge in [-0.15, -0.1) is 0 Å². The van der Waals surface area contributed by atoms with Crippen molar-refractivity contribution < 1.29 is 4.74 Å². The highest BCUT2D eigenvalue weighted by Gasteiger charge is 2.08. The number of nitrogens with one attached hydrogen (secondary N) is 1. The minimum absolute atomic E-state index is 0.497.